The average Bonchev–Trinajstić information content (AvgIpc) is 3.70. The third-order valence-electron chi connectivity index (χ3n) is 14.2. The van der Waals surface area contributed by atoms with Crippen LogP contribution < -0.4 is 25.6 Å². The standard InChI is InChI=1S/C51H53F2N9O6/c1-2-68-37-26-40(46-35(27-54)29-57-62(46)30-37)34-8-12-44(56-28-34)61-21-16-51(17-22-61,59-49(66)42-25-36(52)9-11-43(42)53)50(67)55-18-23-60-19-14-31(15-20-60)33-7-6-32-4-3-5-38(47(64)41(32)24-33)39-10-13-45(63)58-48(39)65/h6-9,11-12,24-26,28-31,38-39H,2-5,10,13-23H2,1H3,(H,55,67)(H,59,66)(H,58,63,65). The van der Waals surface area contributed by atoms with Crippen molar-refractivity contribution in [1.82, 2.24) is 35.4 Å². The summed E-state index contributed by atoms with van der Waals surface area (Å²) < 4.78 is 36.5. The Morgan fingerprint density at radius 2 is 1.74 bits per heavy atom. The molecule has 3 saturated heterocycles. The number of ketones is 1. The molecule has 68 heavy (non-hydrogen) atoms. The summed E-state index contributed by atoms with van der Waals surface area (Å²) in [6.45, 7) is 5.32. The van der Waals surface area contributed by atoms with Crippen LogP contribution in [0.25, 0.3) is 16.6 Å². The lowest BCUT2D eigenvalue weighted by Gasteiger charge is -2.41. The first kappa shape index (κ1) is 46.1. The van der Waals surface area contributed by atoms with Gasteiger partial charge in [0, 0.05) is 67.3 Å². The Balaban J connectivity index is 0.839. The predicted molar refractivity (Wildman–Crippen MR) is 247 cm³/mol. The second-order valence-electron chi connectivity index (χ2n) is 18.2. The summed E-state index contributed by atoms with van der Waals surface area (Å²) in [5.74, 6) is -3.13. The maximum atomic E-state index is 14.9. The van der Waals surface area contributed by atoms with E-state index in [-0.39, 0.29) is 42.8 Å². The molecule has 3 aliphatic heterocycles. The van der Waals surface area contributed by atoms with Crippen molar-refractivity contribution in [2.24, 2.45) is 11.8 Å². The van der Waals surface area contributed by atoms with Gasteiger partial charge in [-0.15, -0.1) is 0 Å². The van der Waals surface area contributed by atoms with Gasteiger partial charge in [-0.25, -0.2) is 18.3 Å². The van der Waals surface area contributed by atoms with Gasteiger partial charge in [-0.2, -0.15) is 10.4 Å². The van der Waals surface area contributed by atoms with E-state index in [9.17, 15) is 38.0 Å². The number of hydrogen-bond donors (Lipinski definition) is 3. The van der Waals surface area contributed by atoms with Gasteiger partial charge in [0.1, 0.15) is 34.8 Å². The Labute approximate surface area is 392 Å². The fourth-order valence-electron chi connectivity index (χ4n) is 10.5. The lowest BCUT2D eigenvalue weighted by Crippen LogP contribution is -2.64. The number of aryl methyl sites for hydroxylation is 1. The summed E-state index contributed by atoms with van der Waals surface area (Å²) >= 11 is 0. The summed E-state index contributed by atoms with van der Waals surface area (Å²) in [7, 11) is 0. The fraction of sp³-hybridized carbons (Fsp3) is 0.412. The van der Waals surface area contributed by atoms with Crippen LogP contribution in [0.4, 0.5) is 14.6 Å². The Hall–Kier alpha value is -7.06. The first-order chi connectivity index (χ1) is 32.9. The van der Waals surface area contributed by atoms with E-state index in [0.717, 1.165) is 79.2 Å². The largest absolute Gasteiger partial charge is 0.492 e. The van der Waals surface area contributed by atoms with Crippen LogP contribution in [0.2, 0.25) is 0 Å². The number of likely N-dealkylation sites (tertiary alicyclic amines) is 1. The summed E-state index contributed by atoms with van der Waals surface area (Å²) in [4.78, 5) is 75.3. The molecule has 0 radical (unpaired) electrons. The van der Waals surface area contributed by atoms with Crippen molar-refractivity contribution in [2.45, 2.75) is 76.2 Å². The molecule has 2 atom stereocenters. The maximum Gasteiger partial charge on any atom is 0.255 e. The number of carbonyl (C=O) groups excluding carboxylic acids is 5. The van der Waals surface area contributed by atoms with Gasteiger partial charge >= 0.3 is 0 Å². The van der Waals surface area contributed by atoms with Crippen LogP contribution in [-0.2, 0) is 20.8 Å². The molecule has 0 saturated carbocycles. The summed E-state index contributed by atoms with van der Waals surface area (Å²) in [6, 6.07) is 16.6. The molecule has 2 unspecified atom stereocenters. The minimum atomic E-state index is -1.43. The van der Waals surface area contributed by atoms with E-state index >= 15 is 0 Å². The van der Waals surface area contributed by atoms with Crippen LogP contribution in [0, 0.1) is 34.8 Å². The number of pyridine rings is 2. The van der Waals surface area contributed by atoms with Gasteiger partial charge < -0.3 is 25.2 Å². The zero-order valence-corrected chi connectivity index (χ0v) is 37.9. The Morgan fingerprint density at radius 3 is 2.47 bits per heavy atom. The molecule has 4 aliphatic rings. The SMILES string of the molecule is CCOc1cc(-c2ccc(N3CCC(NC(=O)c4cc(F)ccc4F)(C(=O)NCCN4CCC(c5ccc6c(c5)C(=O)C(C5CCC(=O)NC5=O)CCC6)CC4)CC3)nc2)c2c(C#N)cnn2c1. The number of halogens is 2. The molecule has 0 bridgehead atoms. The van der Waals surface area contributed by atoms with Crippen LogP contribution in [-0.4, -0.2) is 100 Å². The molecule has 3 fully saturated rings. The molecule has 6 heterocycles. The van der Waals surface area contributed by atoms with Crippen molar-refractivity contribution >= 4 is 40.7 Å². The van der Waals surface area contributed by atoms with E-state index < -0.39 is 46.4 Å². The van der Waals surface area contributed by atoms with Crippen LogP contribution in [0.1, 0.15) is 102 Å². The molecule has 1 aliphatic carbocycles. The highest BCUT2D eigenvalue weighted by Gasteiger charge is 2.44. The number of nitriles is 1. The number of nitrogens with zero attached hydrogens (tertiary/aromatic N) is 6. The van der Waals surface area contributed by atoms with E-state index in [1.165, 1.54) is 6.20 Å². The number of fused-ring (bicyclic) bond motifs is 2. The first-order valence-corrected chi connectivity index (χ1v) is 23.5. The quantitative estimate of drug-likeness (QED) is 0.0998. The number of Topliss-reactive ketones (excluding diaryl/α,β-unsaturated/α-hetero) is 1. The highest BCUT2D eigenvalue weighted by molar-refractivity contribution is 6.05. The van der Waals surface area contributed by atoms with Crippen LogP contribution in [0.15, 0.2) is 73.2 Å². The lowest BCUT2D eigenvalue weighted by molar-refractivity contribution is -0.137. The number of anilines is 1. The molecule has 0 spiro atoms. The molecule has 3 N–H and O–H groups in total. The zero-order chi connectivity index (χ0) is 47.5. The molecule has 3 aromatic heterocycles. The summed E-state index contributed by atoms with van der Waals surface area (Å²) in [6.07, 6.45) is 9.75. The van der Waals surface area contributed by atoms with E-state index in [1.54, 1.807) is 16.9 Å². The minimum Gasteiger partial charge on any atom is -0.492 e. The van der Waals surface area contributed by atoms with Crippen LogP contribution in [0.3, 0.4) is 0 Å². The minimum absolute atomic E-state index is 0.0116. The number of amides is 4. The zero-order valence-electron chi connectivity index (χ0n) is 37.9. The second kappa shape index (κ2) is 19.7. The highest BCUT2D eigenvalue weighted by Crippen LogP contribution is 2.37. The molecule has 4 amide bonds. The fourth-order valence-corrected chi connectivity index (χ4v) is 10.5. The number of piperidine rings is 3. The maximum absolute atomic E-state index is 14.9. The van der Waals surface area contributed by atoms with Gasteiger partial charge in [-0.05, 0) is 131 Å². The Morgan fingerprint density at radius 1 is 0.926 bits per heavy atom. The lowest BCUT2D eigenvalue weighted by atomic mass is 9.78. The van der Waals surface area contributed by atoms with Crippen LogP contribution in [0.5, 0.6) is 5.75 Å². The average molecular weight is 926 g/mol. The number of aromatic nitrogens is 3. The third kappa shape index (κ3) is 9.42. The van der Waals surface area contributed by atoms with E-state index in [0.29, 0.717) is 73.8 Å². The molecule has 5 aromatic rings. The van der Waals surface area contributed by atoms with E-state index in [4.69, 9.17) is 9.72 Å². The molecule has 2 aromatic carbocycles. The normalized spacial score (nSPS) is 20.0. The van der Waals surface area contributed by atoms with Crippen molar-refractivity contribution in [2.75, 3.05) is 50.8 Å². The smallest absolute Gasteiger partial charge is 0.255 e. The van der Waals surface area contributed by atoms with Gasteiger partial charge in [0.15, 0.2) is 5.78 Å². The number of rotatable bonds is 12. The molecule has 17 heteroatoms. The van der Waals surface area contributed by atoms with Gasteiger partial charge in [-0.1, -0.05) is 12.1 Å². The molecule has 15 nitrogen and oxygen atoms in total. The first-order valence-electron chi connectivity index (χ1n) is 23.5. The molecule has 352 valence electrons. The highest BCUT2D eigenvalue weighted by atomic mass is 19.1. The second-order valence-corrected chi connectivity index (χ2v) is 18.2. The summed E-state index contributed by atoms with van der Waals surface area (Å²) in [5, 5.41) is 22.4. The summed E-state index contributed by atoms with van der Waals surface area (Å²) in [5.41, 5.74) is 3.35. The monoisotopic (exact) mass is 925 g/mol. The van der Waals surface area contributed by atoms with E-state index in [2.05, 4.69) is 44.2 Å². The van der Waals surface area contributed by atoms with Crippen molar-refractivity contribution in [3.63, 3.8) is 0 Å². The number of benzene rings is 2. The number of imide groups is 1. The topological polar surface area (TPSA) is 191 Å². The Bertz CT molecular complexity index is 2810. The number of hydrogen-bond acceptors (Lipinski definition) is 11. The van der Waals surface area contributed by atoms with Gasteiger partial charge in [0.25, 0.3) is 5.91 Å². The van der Waals surface area contributed by atoms with Crippen molar-refractivity contribution in [3.05, 3.63) is 113 Å². The van der Waals surface area contributed by atoms with E-state index in [1.807, 2.05) is 36.1 Å². The van der Waals surface area contributed by atoms with Crippen LogP contribution >= 0.6 is 0 Å². The molecular weight excluding hydrogens is 873 g/mol. The number of carbonyl (C=O) groups is 5. The van der Waals surface area contributed by atoms with Crippen molar-refractivity contribution in [3.8, 4) is 22.9 Å². The van der Waals surface area contributed by atoms with Gasteiger partial charge in [-0.3, -0.25) is 29.3 Å². The Kier molecular flexibility index (Phi) is 13.3. The van der Waals surface area contributed by atoms with Gasteiger partial charge in [0.2, 0.25) is 17.7 Å². The van der Waals surface area contributed by atoms with Gasteiger partial charge in [0.05, 0.1) is 35.6 Å². The number of nitrogens with one attached hydrogen (secondary N) is 3. The molecular formula is C51H53F2N9O6. The predicted octanol–water partition coefficient (Wildman–Crippen LogP) is 5.90. The number of ether oxygens (including phenoxy) is 1. The third-order valence-corrected chi connectivity index (χ3v) is 14.2. The van der Waals surface area contributed by atoms with Crippen molar-refractivity contribution < 1.29 is 37.5 Å². The molecule has 9 rings (SSSR count). The van der Waals surface area contributed by atoms with Crippen molar-refractivity contribution in [1.29, 1.82) is 5.26 Å².